The van der Waals surface area contributed by atoms with Crippen molar-refractivity contribution in [3.8, 4) is 0 Å². The number of hydrogen-bond donors (Lipinski definition) is 2. The molecular weight excluding hydrogens is 555 g/mol. The Morgan fingerprint density at radius 1 is 0.829 bits per heavy atom. The molecule has 0 heterocycles. The van der Waals surface area contributed by atoms with Crippen LogP contribution in [-0.4, -0.2) is 40.6 Å². The summed E-state index contributed by atoms with van der Waals surface area (Å²) in [5.41, 5.74) is -2.06. The van der Waals surface area contributed by atoms with Gasteiger partial charge in [0.1, 0.15) is 0 Å². The summed E-state index contributed by atoms with van der Waals surface area (Å²) in [7, 11) is 0. The molecule has 2 N–H and O–H groups in total. The number of nitrogens with one attached hydrogen (secondary N) is 1. The number of carboxylic acid groups (broad SMARTS) is 1. The summed E-state index contributed by atoms with van der Waals surface area (Å²) in [5.74, 6) is -2.72. The van der Waals surface area contributed by atoms with Gasteiger partial charge in [-0.2, -0.15) is 13.2 Å². The van der Waals surface area contributed by atoms with E-state index in [1.165, 1.54) is 36.4 Å². The number of hydrogen-bond acceptors (Lipinski definition) is 5. The van der Waals surface area contributed by atoms with Crippen LogP contribution in [0.2, 0.25) is 0 Å². The van der Waals surface area contributed by atoms with Crippen molar-refractivity contribution < 1.29 is 37.5 Å². The number of aliphatic carboxylic acids is 1. The smallest absolute Gasteiger partial charge is 0.446 e. The summed E-state index contributed by atoms with van der Waals surface area (Å²) >= 11 is -0.279. The maximum atomic E-state index is 13.7. The molecule has 0 aromatic heterocycles. The molecule has 41 heavy (non-hydrogen) atoms. The number of alkyl halides is 3. The molecule has 0 saturated heterocycles. The minimum atomic E-state index is -4.45. The first kappa shape index (κ1) is 31.6. The van der Waals surface area contributed by atoms with Crippen LogP contribution in [0.1, 0.15) is 74.8 Å². The number of carbonyl (C=O) groups excluding carboxylic acids is 3. The van der Waals surface area contributed by atoms with E-state index in [0.717, 1.165) is 12.0 Å². The van der Waals surface area contributed by atoms with E-state index in [1.54, 1.807) is 24.3 Å². The van der Waals surface area contributed by atoms with Crippen LogP contribution >= 0.6 is 11.8 Å². The first-order valence-corrected chi connectivity index (χ1v) is 13.8. The molecule has 6 nitrogen and oxygen atoms in total. The van der Waals surface area contributed by atoms with Crippen LogP contribution in [0, 0.1) is 5.92 Å². The van der Waals surface area contributed by atoms with E-state index >= 15 is 0 Å². The molecule has 216 valence electrons. The highest BCUT2D eigenvalue weighted by molar-refractivity contribution is 8.00. The Morgan fingerprint density at radius 3 is 1.93 bits per heavy atom. The number of halogens is 3. The summed E-state index contributed by atoms with van der Waals surface area (Å²) in [6.45, 7) is 4.13. The lowest BCUT2D eigenvalue weighted by Gasteiger charge is -2.17. The molecule has 0 bridgehead atoms. The third-order valence-electron chi connectivity index (χ3n) is 6.20. The lowest BCUT2D eigenvalue weighted by molar-refractivity contribution is -0.136. The van der Waals surface area contributed by atoms with Gasteiger partial charge in [-0.25, -0.2) is 0 Å². The Kier molecular flexibility index (Phi) is 10.9. The van der Waals surface area contributed by atoms with Gasteiger partial charge in [0.15, 0.2) is 11.6 Å². The summed E-state index contributed by atoms with van der Waals surface area (Å²) in [6.07, 6.45) is 0.381. The largest absolute Gasteiger partial charge is 0.481 e. The number of rotatable bonds is 13. The zero-order chi connectivity index (χ0) is 30.2. The zero-order valence-electron chi connectivity index (χ0n) is 22.5. The molecule has 1 unspecified atom stereocenters. The average molecular weight is 586 g/mol. The lowest BCUT2D eigenvalue weighted by Crippen LogP contribution is -2.26. The highest BCUT2D eigenvalue weighted by atomic mass is 32.2. The van der Waals surface area contributed by atoms with Gasteiger partial charge in [-0.05, 0) is 59.5 Å². The zero-order valence-corrected chi connectivity index (χ0v) is 23.4. The molecule has 3 aromatic rings. The van der Waals surface area contributed by atoms with E-state index < -0.39 is 29.1 Å². The standard InChI is InChI=1S/C31H30F3NO5S/c1-19(2)17-20-3-5-23(6-4-20)29(39)26(18-27(36)22-11-13-25(14-12-22)41-31(32,33)34)21-7-9-24(10-8-21)30(40)35-16-15-28(37)38/h3-14,19,26H,15-18H2,1-2H3,(H,35,40)(H,37,38). The predicted octanol–water partition coefficient (Wildman–Crippen LogP) is 6.94. The molecule has 0 aliphatic rings. The van der Waals surface area contributed by atoms with Crippen molar-refractivity contribution >= 4 is 35.2 Å². The lowest BCUT2D eigenvalue weighted by atomic mass is 9.84. The Balaban J connectivity index is 1.85. The van der Waals surface area contributed by atoms with Crippen LogP contribution in [0.5, 0.6) is 0 Å². The number of benzene rings is 3. The molecule has 3 aromatic carbocycles. The van der Waals surface area contributed by atoms with E-state index in [9.17, 15) is 32.3 Å². The summed E-state index contributed by atoms with van der Waals surface area (Å²) < 4.78 is 38.0. The topological polar surface area (TPSA) is 101 Å². The maximum Gasteiger partial charge on any atom is 0.446 e. The van der Waals surface area contributed by atoms with Crippen LogP contribution in [0.25, 0.3) is 0 Å². The first-order chi connectivity index (χ1) is 19.3. The molecule has 3 rings (SSSR count). The van der Waals surface area contributed by atoms with E-state index in [2.05, 4.69) is 19.2 Å². The van der Waals surface area contributed by atoms with Crippen molar-refractivity contribution in [2.45, 2.75) is 49.4 Å². The summed E-state index contributed by atoms with van der Waals surface area (Å²) in [5, 5.41) is 11.3. The van der Waals surface area contributed by atoms with Gasteiger partial charge in [-0.15, -0.1) is 0 Å². The SMILES string of the molecule is CC(C)Cc1ccc(C(=O)C(CC(=O)c2ccc(SC(F)(F)F)cc2)c2ccc(C(=O)NCCC(=O)O)cc2)cc1. The normalized spacial score (nSPS) is 12.1. The molecule has 0 radical (unpaired) electrons. The van der Waals surface area contributed by atoms with Gasteiger partial charge >= 0.3 is 11.5 Å². The van der Waals surface area contributed by atoms with E-state index in [4.69, 9.17) is 5.11 Å². The second-order valence-electron chi connectivity index (χ2n) is 9.93. The van der Waals surface area contributed by atoms with Gasteiger partial charge in [-0.3, -0.25) is 19.2 Å². The van der Waals surface area contributed by atoms with Gasteiger partial charge in [-0.1, -0.05) is 62.4 Å². The molecule has 0 saturated carbocycles. The number of thioether (sulfide) groups is 1. The first-order valence-electron chi connectivity index (χ1n) is 12.9. The second-order valence-corrected chi connectivity index (χ2v) is 11.1. The van der Waals surface area contributed by atoms with Crippen molar-refractivity contribution in [1.82, 2.24) is 5.32 Å². The van der Waals surface area contributed by atoms with E-state index in [0.29, 0.717) is 17.0 Å². The quantitative estimate of drug-likeness (QED) is 0.167. The van der Waals surface area contributed by atoms with Gasteiger partial charge < -0.3 is 10.4 Å². The molecule has 1 atom stereocenters. The van der Waals surface area contributed by atoms with Gasteiger partial charge in [0, 0.05) is 34.6 Å². The van der Waals surface area contributed by atoms with Crippen molar-refractivity contribution in [1.29, 1.82) is 0 Å². The highest BCUT2D eigenvalue weighted by Gasteiger charge is 2.30. The molecule has 1 amide bonds. The number of carboxylic acids is 1. The number of amides is 1. The Morgan fingerprint density at radius 2 is 1.39 bits per heavy atom. The molecule has 0 aliphatic carbocycles. The average Bonchev–Trinajstić information content (AvgIpc) is 2.90. The minimum absolute atomic E-state index is 0.0431. The summed E-state index contributed by atoms with van der Waals surface area (Å²) in [4.78, 5) is 49.8. The third-order valence-corrected chi connectivity index (χ3v) is 6.94. The fourth-order valence-corrected chi connectivity index (χ4v) is 4.78. The maximum absolute atomic E-state index is 13.7. The Bertz CT molecular complexity index is 1370. The second kappa shape index (κ2) is 14.1. The van der Waals surface area contributed by atoms with Crippen molar-refractivity contribution in [2.75, 3.05) is 6.54 Å². The van der Waals surface area contributed by atoms with Gasteiger partial charge in [0.25, 0.3) is 5.91 Å². The molecule has 0 fully saturated rings. The van der Waals surface area contributed by atoms with Crippen molar-refractivity contribution in [3.05, 3.63) is 101 Å². The number of Topliss-reactive ketones (excluding diaryl/α,β-unsaturated/α-hetero) is 2. The van der Waals surface area contributed by atoms with Crippen LogP contribution in [0.15, 0.2) is 77.7 Å². The Labute approximate surface area is 240 Å². The van der Waals surface area contributed by atoms with Crippen molar-refractivity contribution in [2.24, 2.45) is 5.92 Å². The predicted molar refractivity (Wildman–Crippen MR) is 150 cm³/mol. The molecule has 10 heteroatoms. The van der Waals surface area contributed by atoms with Gasteiger partial charge in [0.05, 0.1) is 12.3 Å². The third kappa shape index (κ3) is 9.89. The van der Waals surface area contributed by atoms with E-state index in [-0.39, 0.29) is 53.0 Å². The Hall–Kier alpha value is -3.92. The minimum Gasteiger partial charge on any atom is -0.481 e. The monoisotopic (exact) mass is 585 g/mol. The fraction of sp³-hybridized carbons (Fsp3) is 0.290. The number of carbonyl (C=O) groups is 4. The van der Waals surface area contributed by atoms with Gasteiger partial charge in [0.2, 0.25) is 0 Å². The van der Waals surface area contributed by atoms with Crippen LogP contribution in [-0.2, 0) is 11.2 Å². The van der Waals surface area contributed by atoms with Crippen LogP contribution in [0.4, 0.5) is 13.2 Å². The highest BCUT2D eigenvalue weighted by Crippen LogP contribution is 2.37. The molecule has 0 aliphatic heterocycles. The summed E-state index contributed by atoms with van der Waals surface area (Å²) in [6, 6.07) is 18.3. The van der Waals surface area contributed by atoms with E-state index in [1.807, 2.05) is 12.1 Å². The molecule has 0 spiro atoms. The molecular formula is C31H30F3NO5S. The number of ketones is 2. The fourth-order valence-electron chi connectivity index (χ4n) is 4.24. The van der Waals surface area contributed by atoms with Crippen LogP contribution < -0.4 is 5.32 Å². The van der Waals surface area contributed by atoms with Crippen LogP contribution in [0.3, 0.4) is 0 Å². The van der Waals surface area contributed by atoms with Crippen molar-refractivity contribution in [3.63, 3.8) is 0 Å².